The van der Waals surface area contributed by atoms with E-state index in [2.05, 4.69) is 0 Å². The molecule has 4 rings (SSSR count). The summed E-state index contributed by atoms with van der Waals surface area (Å²) in [7, 11) is 3.04. The van der Waals surface area contributed by atoms with Gasteiger partial charge in [-0.15, -0.1) is 0 Å². The Morgan fingerprint density at radius 3 is 1.53 bits per heavy atom. The Labute approximate surface area is 203 Å². The maximum absolute atomic E-state index is 12.6. The first kappa shape index (κ1) is 24.5. The van der Waals surface area contributed by atoms with Crippen molar-refractivity contribution in [1.82, 2.24) is 9.13 Å². The second-order valence-electron chi connectivity index (χ2n) is 8.09. The Morgan fingerprint density at radius 1 is 0.778 bits per heavy atom. The second kappa shape index (κ2) is 9.55. The van der Waals surface area contributed by atoms with Crippen LogP contribution in [0, 0.1) is 0 Å². The zero-order valence-corrected chi connectivity index (χ0v) is 19.3. The number of rotatable bonds is 8. The van der Waals surface area contributed by atoms with Crippen LogP contribution in [0.1, 0.15) is 21.0 Å². The number of pyridine rings is 2. The maximum Gasteiger partial charge on any atom is 0.352 e. The normalized spacial score (nSPS) is 11.2. The number of carboxylic acid groups (broad SMARTS) is 2. The highest BCUT2D eigenvalue weighted by Gasteiger charge is 2.18. The molecule has 2 aromatic carbocycles. The fourth-order valence-corrected chi connectivity index (χ4v) is 4.01. The Balaban J connectivity index is 1.54. The van der Waals surface area contributed by atoms with Crippen LogP contribution in [-0.2, 0) is 14.1 Å². The summed E-state index contributed by atoms with van der Waals surface area (Å²) in [6, 6.07) is 11.5. The molecule has 0 spiro atoms. The number of aromatic carboxylic acids is 2. The van der Waals surface area contributed by atoms with Crippen molar-refractivity contribution in [3.8, 4) is 11.5 Å². The van der Waals surface area contributed by atoms with Gasteiger partial charge in [0.1, 0.15) is 42.2 Å². The number of ether oxygens (including phenoxy) is 2. The molecule has 4 aromatic rings. The minimum absolute atomic E-state index is 0.171. The molecular formula is C25H22N2O9. The van der Waals surface area contributed by atoms with Crippen molar-refractivity contribution in [2.75, 3.05) is 13.2 Å². The summed E-state index contributed by atoms with van der Waals surface area (Å²) in [6.07, 6.45) is -1.15. The predicted octanol–water partition coefficient (Wildman–Crippen LogP) is 1.61. The van der Waals surface area contributed by atoms with Crippen molar-refractivity contribution >= 4 is 33.7 Å². The Hall–Kier alpha value is -4.64. The van der Waals surface area contributed by atoms with Gasteiger partial charge in [-0.3, -0.25) is 9.59 Å². The van der Waals surface area contributed by atoms with E-state index in [1.54, 1.807) is 24.3 Å². The summed E-state index contributed by atoms with van der Waals surface area (Å²) in [5.41, 5.74) is -0.695. The van der Waals surface area contributed by atoms with Gasteiger partial charge in [-0.05, 0) is 24.3 Å². The van der Waals surface area contributed by atoms with Crippen LogP contribution in [0.3, 0.4) is 0 Å². The molecule has 186 valence electrons. The standard InChI is InChI=1S/C25H22N2O9/c1-26-14-5-3-7-20(22(14)18(29)9-16(26)24(31)32)35-11-13(28)12-36-21-8-4-6-15-23(21)19(30)10-17(25(33)34)27(15)2/h3-10,13,28H,11-12H2,1-2H3,(H,31,32)(H,33,34). The number of aliphatic hydroxyl groups is 1. The fraction of sp³-hybridized carbons (Fsp3) is 0.200. The molecule has 11 heteroatoms. The number of aliphatic hydroxyl groups excluding tert-OH is 1. The molecule has 36 heavy (non-hydrogen) atoms. The van der Waals surface area contributed by atoms with Gasteiger partial charge in [-0.1, -0.05) is 12.1 Å². The van der Waals surface area contributed by atoms with E-state index in [-0.39, 0.29) is 46.9 Å². The van der Waals surface area contributed by atoms with Crippen LogP contribution in [0.5, 0.6) is 11.5 Å². The summed E-state index contributed by atoms with van der Waals surface area (Å²) in [5.74, 6) is -2.13. The van der Waals surface area contributed by atoms with Gasteiger partial charge in [-0.25, -0.2) is 9.59 Å². The molecular weight excluding hydrogens is 472 g/mol. The van der Waals surface area contributed by atoms with Gasteiger partial charge < -0.3 is 33.9 Å². The molecule has 2 aromatic heterocycles. The molecule has 11 nitrogen and oxygen atoms in total. The fourth-order valence-electron chi connectivity index (χ4n) is 4.01. The summed E-state index contributed by atoms with van der Waals surface area (Å²) in [5, 5.41) is 29.4. The van der Waals surface area contributed by atoms with E-state index in [9.17, 15) is 34.5 Å². The average molecular weight is 494 g/mol. The lowest BCUT2D eigenvalue weighted by Gasteiger charge is -2.17. The van der Waals surface area contributed by atoms with Gasteiger partial charge >= 0.3 is 11.9 Å². The van der Waals surface area contributed by atoms with Crippen LogP contribution in [0.4, 0.5) is 0 Å². The summed E-state index contributed by atoms with van der Waals surface area (Å²) >= 11 is 0. The van der Waals surface area contributed by atoms with Gasteiger partial charge in [0.05, 0.1) is 21.8 Å². The third kappa shape index (κ3) is 4.39. The third-order valence-electron chi connectivity index (χ3n) is 5.78. The maximum atomic E-state index is 12.6. The number of aryl methyl sites for hydroxylation is 2. The lowest BCUT2D eigenvalue weighted by atomic mass is 10.1. The zero-order chi connectivity index (χ0) is 26.1. The molecule has 0 atom stereocenters. The van der Waals surface area contributed by atoms with E-state index in [1.165, 1.54) is 35.4 Å². The molecule has 0 aliphatic heterocycles. The van der Waals surface area contributed by atoms with Crippen molar-refractivity contribution in [2.45, 2.75) is 6.10 Å². The smallest absolute Gasteiger partial charge is 0.352 e. The van der Waals surface area contributed by atoms with E-state index in [0.29, 0.717) is 11.0 Å². The first-order chi connectivity index (χ1) is 17.1. The van der Waals surface area contributed by atoms with Crippen molar-refractivity contribution in [3.63, 3.8) is 0 Å². The predicted molar refractivity (Wildman–Crippen MR) is 129 cm³/mol. The number of aromatic nitrogens is 2. The number of hydrogen-bond acceptors (Lipinski definition) is 7. The molecule has 0 aliphatic rings. The van der Waals surface area contributed by atoms with Crippen LogP contribution < -0.4 is 20.3 Å². The van der Waals surface area contributed by atoms with Gasteiger partial charge in [0.2, 0.25) is 0 Å². The van der Waals surface area contributed by atoms with Gasteiger partial charge in [0, 0.05) is 26.2 Å². The summed E-state index contributed by atoms with van der Waals surface area (Å²) < 4.78 is 14.0. The molecule has 0 fully saturated rings. The second-order valence-corrected chi connectivity index (χ2v) is 8.09. The molecule has 0 amide bonds. The third-order valence-corrected chi connectivity index (χ3v) is 5.78. The highest BCUT2D eigenvalue weighted by molar-refractivity contribution is 5.93. The van der Waals surface area contributed by atoms with E-state index >= 15 is 0 Å². The van der Waals surface area contributed by atoms with Gasteiger partial charge in [-0.2, -0.15) is 0 Å². The highest BCUT2D eigenvalue weighted by Crippen LogP contribution is 2.25. The minimum Gasteiger partial charge on any atom is -0.490 e. The zero-order valence-electron chi connectivity index (χ0n) is 19.3. The minimum atomic E-state index is -1.24. The molecule has 0 saturated heterocycles. The quantitative estimate of drug-likeness (QED) is 0.331. The van der Waals surface area contributed by atoms with Gasteiger partial charge in [0.25, 0.3) is 0 Å². The van der Waals surface area contributed by atoms with E-state index in [4.69, 9.17) is 9.47 Å². The Kier molecular flexibility index (Phi) is 6.49. The molecule has 0 bridgehead atoms. The monoisotopic (exact) mass is 494 g/mol. The lowest BCUT2D eigenvalue weighted by Crippen LogP contribution is -2.26. The van der Waals surface area contributed by atoms with Crippen LogP contribution >= 0.6 is 0 Å². The average Bonchev–Trinajstić information content (AvgIpc) is 2.85. The van der Waals surface area contributed by atoms with E-state index in [1.807, 2.05) is 0 Å². The summed E-state index contributed by atoms with van der Waals surface area (Å²) in [6.45, 7) is -0.510. The first-order valence-electron chi connectivity index (χ1n) is 10.8. The molecule has 2 heterocycles. The van der Waals surface area contributed by atoms with Crippen LogP contribution in [0.2, 0.25) is 0 Å². The topological polar surface area (TPSA) is 157 Å². The van der Waals surface area contributed by atoms with Crippen LogP contribution in [0.25, 0.3) is 21.8 Å². The van der Waals surface area contributed by atoms with Crippen LogP contribution in [0.15, 0.2) is 58.1 Å². The molecule has 0 radical (unpaired) electrons. The van der Waals surface area contributed by atoms with Crippen molar-refractivity contribution in [3.05, 3.63) is 80.4 Å². The molecule has 0 saturated carbocycles. The summed E-state index contributed by atoms with van der Waals surface area (Å²) in [4.78, 5) is 47.9. The van der Waals surface area contributed by atoms with Crippen molar-refractivity contribution in [2.24, 2.45) is 14.1 Å². The molecule has 0 aliphatic carbocycles. The SMILES string of the molecule is Cn1c(C(=O)O)cc(=O)c2c(OCC(O)COc3cccc4c3c(=O)cc(C(=O)O)n4C)cccc21. The lowest BCUT2D eigenvalue weighted by molar-refractivity contribution is 0.0637. The van der Waals surface area contributed by atoms with E-state index < -0.39 is 28.9 Å². The number of nitrogens with zero attached hydrogens (tertiary/aromatic N) is 2. The Bertz CT molecular complexity index is 1510. The van der Waals surface area contributed by atoms with Crippen molar-refractivity contribution < 1.29 is 34.4 Å². The molecule has 3 N–H and O–H groups in total. The first-order valence-corrected chi connectivity index (χ1v) is 10.8. The van der Waals surface area contributed by atoms with Crippen LogP contribution in [-0.4, -0.2) is 55.7 Å². The number of benzene rings is 2. The van der Waals surface area contributed by atoms with Crippen molar-refractivity contribution in [1.29, 1.82) is 0 Å². The molecule has 0 unspecified atom stereocenters. The largest absolute Gasteiger partial charge is 0.490 e. The number of fused-ring (bicyclic) bond motifs is 2. The highest BCUT2D eigenvalue weighted by atomic mass is 16.5. The number of carbonyl (C=O) groups is 2. The van der Waals surface area contributed by atoms with E-state index in [0.717, 1.165) is 12.1 Å². The Morgan fingerprint density at radius 2 is 1.17 bits per heavy atom. The van der Waals surface area contributed by atoms with Gasteiger partial charge in [0.15, 0.2) is 10.9 Å². The number of hydrogen-bond donors (Lipinski definition) is 3. The number of carboxylic acids is 2.